The molecule has 0 aromatic heterocycles. The highest BCUT2D eigenvalue weighted by Gasteiger charge is 2.13. The second-order valence-corrected chi connectivity index (χ2v) is 5.32. The number of hydrogen-bond acceptors (Lipinski definition) is 0. The first kappa shape index (κ1) is 12.9. The van der Waals surface area contributed by atoms with Crippen molar-refractivity contribution in [2.45, 2.75) is 24.9 Å². The summed E-state index contributed by atoms with van der Waals surface area (Å²) in [6.45, 7) is 6.34. The second kappa shape index (κ2) is 5.57. The summed E-state index contributed by atoms with van der Waals surface area (Å²) in [5.41, 5.74) is 1.26. The molecule has 0 radical (unpaired) electrons. The molecule has 0 fully saturated rings. The SMILES string of the molecule is CC(C)(C)C(/C=C\C(F)I)=C/I. The van der Waals surface area contributed by atoms with Crippen molar-refractivity contribution in [1.29, 1.82) is 0 Å². The van der Waals surface area contributed by atoms with Crippen LogP contribution in [0.4, 0.5) is 4.39 Å². The average Bonchev–Trinajstić information content (AvgIpc) is 1.85. The summed E-state index contributed by atoms with van der Waals surface area (Å²) in [6.07, 6.45) is 3.42. The summed E-state index contributed by atoms with van der Waals surface area (Å²) in [5.74, 6) is 0. The highest BCUT2D eigenvalue weighted by Crippen LogP contribution is 2.27. The minimum Gasteiger partial charge on any atom is -0.231 e. The fourth-order valence-corrected chi connectivity index (χ4v) is 1.98. The molecular weight excluding hydrogens is 381 g/mol. The van der Waals surface area contributed by atoms with Crippen LogP contribution in [0.15, 0.2) is 21.8 Å². The van der Waals surface area contributed by atoms with E-state index in [1.807, 2.05) is 10.2 Å². The molecule has 0 amide bonds. The molecule has 0 saturated carbocycles. The van der Waals surface area contributed by atoms with Gasteiger partial charge in [0.2, 0.25) is 0 Å². The van der Waals surface area contributed by atoms with Gasteiger partial charge in [0, 0.05) is 0 Å². The lowest BCUT2D eigenvalue weighted by atomic mass is 9.87. The molecule has 0 aromatic rings. The third kappa shape index (κ3) is 5.50. The van der Waals surface area contributed by atoms with Gasteiger partial charge in [-0.2, -0.15) is 0 Å². The van der Waals surface area contributed by atoms with E-state index in [4.69, 9.17) is 0 Å². The molecule has 0 saturated heterocycles. The Balaban J connectivity index is 4.42. The minimum absolute atomic E-state index is 0.100. The van der Waals surface area contributed by atoms with Gasteiger partial charge in [0.05, 0.1) is 0 Å². The zero-order chi connectivity index (χ0) is 9.78. The normalized spacial score (nSPS) is 17.0. The highest BCUT2D eigenvalue weighted by molar-refractivity contribution is 14.1. The molecule has 0 aliphatic heterocycles. The lowest BCUT2D eigenvalue weighted by molar-refractivity contribution is 0.514. The van der Waals surface area contributed by atoms with Crippen LogP contribution in [0.25, 0.3) is 0 Å². The molecule has 1 atom stereocenters. The van der Waals surface area contributed by atoms with Crippen molar-refractivity contribution >= 4 is 45.2 Å². The van der Waals surface area contributed by atoms with E-state index in [-0.39, 0.29) is 5.41 Å². The van der Waals surface area contributed by atoms with E-state index in [0.29, 0.717) is 0 Å². The monoisotopic (exact) mass is 394 g/mol. The molecule has 0 aliphatic rings. The van der Waals surface area contributed by atoms with E-state index in [9.17, 15) is 4.39 Å². The topological polar surface area (TPSA) is 0 Å². The predicted octanol–water partition coefficient (Wildman–Crippen LogP) is 4.64. The van der Waals surface area contributed by atoms with Crippen LogP contribution in [0, 0.1) is 5.41 Å². The van der Waals surface area contributed by atoms with Gasteiger partial charge in [-0.15, -0.1) is 0 Å². The Morgan fingerprint density at radius 2 is 1.92 bits per heavy atom. The van der Waals surface area contributed by atoms with Gasteiger partial charge in [-0.25, -0.2) is 4.39 Å². The van der Waals surface area contributed by atoms with Gasteiger partial charge in [0.15, 0.2) is 4.18 Å². The maximum atomic E-state index is 12.5. The zero-order valence-electron chi connectivity index (χ0n) is 7.44. The summed E-state index contributed by atoms with van der Waals surface area (Å²) in [7, 11) is 0. The summed E-state index contributed by atoms with van der Waals surface area (Å²) < 4.78 is 13.6. The summed E-state index contributed by atoms with van der Waals surface area (Å²) in [6, 6.07) is 0. The van der Waals surface area contributed by atoms with Crippen LogP contribution >= 0.6 is 45.2 Å². The number of rotatable bonds is 2. The Hall–Kier alpha value is 0.870. The Bertz CT molecular complexity index is 187. The van der Waals surface area contributed by atoms with Gasteiger partial charge in [0.25, 0.3) is 0 Å². The molecular formula is C9H13FI2. The number of allylic oxidation sites excluding steroid dienone is 3. The Kier molecular flexibility index (Phi) is 5.97. The van der Waals surface area contributed by atoms with E-state index in [1.165, 1.54) is 0 Å². The molecule has 1 unspecified atom stereocenters. The van der Waals surface area contributed by atoms with E-state index in [2.05, 4.69) is 43.4 Å². The molecule has 0 heterocycles. The highest BCUT2D eigenvalue weighted by atomic mass is 127. The van der Waals surface area contributed by atoms with Gasteiger partial charge < -0.3 is 0 Å². The van der Waals surface area contributed by atoms with E-state index in [0.717, 1.165) is 5.57 Å². The summed E-state index contributed by atoms with van der Waals surface area (Å²) in [5, 5.41) is 0. The molecule has 0 aliphatic carbocycles. The van der Waals surface area contributed by atoms with Crippen molar-refractivity contribution in [2.24, 2.45) is 5.41 Å². The smallest absolute Gasteiger partial charge is 0.169 e. The number of halogens is 3. The van der Waals surface area contributed by atoms with Gasteiger partial charge in [-0.05, 0) is 43.7 Å². The molecule has 0 aromatic carbocycles. The van der Waals surface area contributed by atoms with Crippen LogP contribution in [0.1, 0.15) is 20.8 Å². The van der Waals surface area contributed by atoms with E-state index in [1.54, 1.807) is 28.7 Å². The van der Waals surface area contributed by atoms with Crippen LogP contribution in [0.3, 0.4) is 0 Å². The third-order valence-corrected chi connectivity index (χ3v) is 2.49. The molecule has 0 spiro atoms. The fraction of sp³-hybridized carbons (Fsp3) is 0.556. The molecule has 12 heavy (non-hydrogen) atoms. The van der Waals surface area contributed by atoms with Crippen molar-refractivity contribution in [3.05, 3.63) is 21.8 Å². The first-order chi connectivity index (χ1) is 5.38. The molecule has 3 heteroatoms. The van der Waals surface area contributed by atoms with Gasteiger partial charge in [0.1, 0.15) is 0 Å². The number of hydrogen-bond donors (Lipinski definition) is 0. The van der Waals surface area contributed by atoms with Crippen LogP contribution in [0.5, 0.6) is 0 Å². The predicted molar refractivity (Wildman–Crippen MR) is 69.6 cm³/mol. The van der Waals surface area contributed by atoms with Crippen LogP contribution in [-0.4, -0.2) is 4.18 Å². The molecule has 70 valence electrons. The van der Waals surface area contributed by atoms with Gasteiger partial charge in [-0.3, -0.25) is 0 Å². The zero-order valence-corrected chi connectivity index (χ0v) is 11.8. The Labute approximate surface area is 101 Å². The Morgan fingerprint density at radius 3 is 2.17 bits per heavy atom. The largest absolute Gasteiger partial charge is 0.231 e. The maximum Gasteiger partial charge on any atom is 0.169 e. The standard InChI is InChI=1S/C9H13FI2/c1-9(2,3)7(6-11)4-5-8(10)12/h4-6,8H,1-3H3/b5-4-,7-6+. The van der Waals surface area contributed by atoms with Crippen molar-refractivity contribution in [3.63, 3.8) is 0 Å². The quantitative estimate of drug-likeness (QED) is 0.364. The molecule has 0 rings (SSSR count). The lowest BCUT2D eigenvalue weighted by Gasteiger charge is -2.19. The first-order valence-corrected chi connectivity index (χ1v) is 6.14. The Morgan fingerprint density at radius 1 is 1.42 bits per heavy atom. The first-order valence-electron chi connectivity index (χ1n) is 3.65. The van der Waals surface area contributed by atoms with Crippen molar-refractivity contribution < 1.29 is 4.39 Å². The summed E-state index contributed by atoms with van der Waals surface area (Å²) >= 11 is 3.92. The van der Waals surface area contributed by atoms with E-state index >= 15 is 0 Å². The van der Waals surface area contributed by atoms with Crippen LogP contribution in [0.2, 0.25) is 0 Å². The third-order valence-electron chi connectivity index (χ3n) is 1.40. The van der Waals surface area contributed by atoms with Crippen molar-refractivity contribution in [3.8, 4) is 0 Å². The van der Waals surface area contributed by atoms with Crippen molar-refractivity contribution in [2.75, 3.05) is 0 Å². The lowest BCUT2D eigenvalue weighted by Crippen LogP contribution is -2.06. The second-order valence-electron chi connectivity index (χ2n) is 3.51. The van der Waals surface area contributed by atoms with Crippen molar-refractivity contribution in [1.82, 2.24) is 0 Å². The summed E-state index contributed by atoms with van der Waals surface area (Å²) in [4.78, 5) is 0. The van der Waals surface area contributed by atoms with Gasteiger partial charge in [-0.1, -0.05) is 49.4 Å². The van der Waals surface area contributed by atoms with Crippen LogP contribution < -0.4 is 0 Å². The maximum absolute atomic E-state index is 12.5. The molecule has 0 nitrogen and oxygen atoms in total. The molecule has 0 bridgehead atoms. The molecule has 0 N–H and O–H groups in total. The number of alkyl halides is 2. The minimum atomic E-state index is -0.892. The van der Waals surface area contributed by atoms with Gasteiger partial charge >= 0.3 is 0 Å². The van der Waals surface area contributed by atoms with E-state index < -0.39 is 4.18 Å². The fourth-order valence-electron chi connectivity index (χ4n) is 0.626. The average molecular weight is 394 g/mol. The van der Waals surface area contributed by atoms with Crippen LogP contribution in [-0.2, 0) is 0 Å².